The maximum atomic E-state index is 13.5. The molecule has 0 aliphatic carbocycles. The zero-order chi connectivity index (χ0) is 17.5. The van der Waals surface area contributed by atoms with Gasteiger partial charge in [-0.1, -0.05) is 30.3 Å². The number of allylic oxidation sites excluding steroid dienone is 2. The third kappa shape index (κ3) is 4.52. The molecule has 0 bridgehead atoms. The summed E-state index contributed by atoms with van der Waals surface area (Å²) in [6.45, 7) is 0. The molecule has 0 aliphatic heterocycles. The molecule has 0 saturated carbocycles. The van der Waals surface area contributed by atoms with Crippen molar-refractivity contribution in [2.45, 2.75) is 12.8 Å². The van der Waals surface area contributed by atoms with Crippen LogP contribution in [0.3, 0.4) is 0 Å². The molecule has 2 aromatic carbocycles. The monoisotopic (exact) mass is 327 g/mol. The second kappa shape index (κ2) is 8.06. The van der Waals surface area contributed by atoms with Crippen molar-refractivity contribution in [3.05, 3.63) is 71.6 Å². The van der Waals surface area contributed by atoms with E-state index in [2.05, 4.69) is 0 Å². The average Bonchev–Trinajstić information content (AvgIpc) is 2.59. The second-order valence-electron chi connectivity index (χ2n) is 5.19. The summed E-state index contributed by atoms with van der Waals surface area (Å²) in [5.41, 5.74) is 2.26. The van der Waals surface area contributed by atoms with Crippen LogP contribution in [0.15, 0.2) is 54.6 Å². The number of hydrogen-bond donors (Lipinski definition) is 2. The number of ether oxygens (including phenoxy) is 1. The van der Waals surface area contributed by atoms with Gasteiger partial charge in [0.1, 0.15) is 0 Å². The van der Waals surface area contributed by atoms with Gasteiger partial charge in [-0.25, -0.2) is 4.39 Å². The molecule has 24 heavy (non-hydrogen) atoms. The molecule has 0 heterocycles. The molecule has 0 aliphatic rings. The molecule has 124 valence electrons. The van der Waals surface area contributed by atoms with E-state index in [0.717, 1.165) is 11.1 Å². The lowest BCUT2D eigenvalue weighted by Gasteiger charge is -2.09. The summed E-state index contributed by atoms with van der Waals surface area (Å²) in [5.74, 6) is -1.32. The maximum Gasteiger partial charge on any atom is 0.303 e. The Labute approximate surface area is 139 Å². The number of aliphatic carboxylic acids is 1. The van der Waals surface area contributed by atoms with Crippen LogP contribution in [-0.2, 0) is 4.79 Å². The summed E-state index contributed by atoms with van der Waals surface area (Å²) in [4.78, 5) is 10.9. The Bertz CT molecular complexity index is 769. The predicted octanol–water partition coefficient (Wildman–Crippen LogP) is 4.15. The average molecular weight is 327 g/mol. The van der Waals surface area contributed by atoms with Gasteiger partial charge in [-0.15, -0.1) is 0 Å². The van der Waals surface area contributed by atoms with Crippen molar-refractivity contribution in [3.63, 3.8) is 0 Å². The van der Waals surface area contributed by atoms with Gasteiger partial charge in [-0.2, -0.15) is 0 Å². The molecule has 0 aromatic heterocycles. The lowest BCUT2D eigenvalue weighted by Crippen LogP contribution is -2.01. The Kier molecular flexibility index (Phi) is 5.84. The molecule has 0 fully saturated rings. The highest BCUT2D eigenvalue weighted by molar-refractivity contribution is 6.10. The van der Waals surface area contributed by atoms with Crippen LogP contribution < -0.4 is 4.74 Å². The molecule has 0 unspecified atom stereocenters. The Morgan fingerprint density at radius 2 is 1.88 bits per heavy atom. The van der Waals surface area contributed by atoms with Crippen LogP contribution in [-0.4, -0.2) is 23.9 Å². The first-order chi connectivity index (χ1) is 11.5. The zero-order valence-electron chi connectivity index (χ0n) is 13.3. The largest absolute Gasteiger partial charge is 0.494 e. The third-order valence-electron chi connectivity index (χ3n) is 3.53. The lowest BCUT2D eigenvalue weighted by molar-refractivity contribution is -0.136. The minimum Gasteiger partial charge on any atom is -0.494 e. The van der Waals surface area contributed by atoms with Crippen molar-refractivity contribution in [3.8, 4) is 5.75 Å². The standard InChI is InChI=1S/C19H18FNO3/c1-24-18-12-15(7-9-16(18)20)17(21)11-14(8-10-19(22)23)13-5-3-2-4-6-13/h2-7,9,11-12,21H,8,10H2,1H3,(H,22,23)/b14-11+,21-17?. The highest BCUT2D eigenvalue weighted by atomic mass is 19.1. The minimum absolute atomic E-state index is 0.0270. The van der Waals surface area contributed by atoms with Gasteiger partial charge < -0.3 is 15.3 Å². The molecule has 2 N–H and O–H groups in total. The van der Waals surface area contributed by atoms with Crippen molar-refractivity contribution >= 4 is 17.3 Å². The summed E-state index contributed by atoms with van der Waals surface area (Å²) in [6, 6.07) is 13.5. The lowest BCUT2D eigenvalue weighted by atomic mass is 9.97. The first-order valence-corrected chi connectivity index (χ1v) is 7.41. The van der Waals surface area contributed by atoms with Crippen molar-refractivity contribution in [2.24, 2.45) is 0 Å². The van der Waals surface area contributed by atoms with Crippen molar-refractivity contribution in [1.82, 2.24) is 0 Å². The van der Waals surface area contributed by atoms with Crippen LogP contribution in [0.5, 0.6) is 5.75 Å². The van der Waals surface area contributed by atoms with Gasteiger partial charge in [0, 0.05) is 12.0 Å². The highest BCUT2D eigenvalue weighted by Gasteiger charge is 2.09. The highest BCUT2D eigenvalue weighted by Crippen LogP contribution is 2.23. The molecule has 0 spiro atoms. The van der Waals surface area contributed by atoms with E-state index in [1.54, 1.807) is 6.08 Å². The molecule has 0 saturated heterocycles. The fraction of sp³-hybridized carbons (Fsp3) is 0.158. The van der Waals surface area contributed by atoms with Crippen molar-refractivity contribution in [1.29, 1.82) is 5.41 Å². The van der Waals surface area contributed by atoms with E-state index >= 15 is 0 Å². The van der Waals surface area contributed by atoms with Crippen LogP contribution in [0.4, 0.5) is 4.39 Å². The summed E-state index contributed by atoms with van der Waals surface area (Å²) in [6.07, 6.45) is 1.89. The van der Waals surface area contributed by atoms with E-state index in [4.69, 9.17) is 15.3 Å². The van der Waals surface area contributed by atoms with E-state index in [1.807, 2.05) is 30.3 Å². The van der Waals surface area contributed by atoms with Crippen LogP contribution in [0, 0.1) is 11.2 Å². The fourth-order valence-electron chi connectivity index (χ4n) is 2.28. The smallest absolute Gasteiger partial charge is 0.303 e. The van der Waals surface area contributed by atoms with Gasteiger partial charge in [-0.05, 0) is 41.8 Å². The molecular formula is C19H18FNO3. The number of carboxylic acids is 1. The molecule has 5 heteroatoms. The predicted molar refractivity (Wildman–Crippen MR) is 91.1 cm³/mol. The van der Waals surface area contributed by atoms with E-state index in [0.29, 0.717) is 12.0 Å². The van der Waals surface area contributed by atoms with Crippen LogP contribution in [0.2, 0.25) is 0 Å². The molecular weight excluding hydrogens is 309 g/mol. The second-order valence-corrected chi connectivity index (χ2v) is 5.19. The number of methoxy groups -OCH3 is 1. The van der Waals surface area contributed by atoms with Crippen LogP contribution >= 0.6 is 0 Å². The summed E-state index contributed by atoms with van der Waals surface area (Å²) >= 11 is 0. The van der Waals surface area contributed by atoms with Gasteiger partial charge in [-0.3, -0.25) is 4.79 Å². The summed E-state index contributed by atoms with van der Waals surface area (Å²) in [5, 5.41) is 17.2. The number of carbonyl (C=O) groups is 1. The number of rotatable bonds is 7. The molecule has 0 atom stereocenters. The number of carboxylic acid groups (broad SMARTS) is 1. The fourth-order valence-corrected chi connectivity index (χ4v) is 2.28. The Hall–Kier alpha value is -2.95. The topological polar surface area (TPSA) is 70.4 Å². The van der Waals surface area contributed by atoms with Gasteiger partial charge >= 0.3 is 5.97 Å². The summed E-state index contributed by atoms with van der Waals surface area (Å²) in [7, 11) is 1.36. The third-order valence-corrected chi connectivity index (χ3v) is 3.53. The summed E-state index contributed by atoms with van der Waals surface area (Å²) < 4.78 is 18.4. The number of benzene rings is 2. The Morgan fingerprint density at radius 3 is 2.50 bits per heavy atom. The molecule has 4 nitrogen and oxygen atoms in total. The minimum atomic E-state index is -0.896. The molecule has 2 rings (SSSR count). The van der Waals surface area contributed by atoms with Gasteiger partial charge in [0.05, 0.1) is 12.8 Å². The number of halogens is 1. The normalized spacial score (nSPS) is 11.2. The van der Waals surface area contributed by atoms with Crippen LogP contribution in [0.25, 0.3) is 5.57 Å². The van der Waals surface area contributed by atoms with Gasteiger partial charge in [0.25, 0.3) is 0 Å². The van der Waals surface area contributed by atoms with E-state index in [-0.39, 0.29) is 17.9 Å². The Balaban J connectivity index is 2.34. The first-order valence-electron chi connectivity index (χ1n) is 7.41. The first kappa shape index (κ1) is 17.4. The van der Waals surface area contributed by atoms with Gasteiger partial charge in [0.15, 0.2) is 11.6 Å². The van der Waals surface area contributed by atoms with Crippen LogP contribution in [0.1, 0.15) is 24.0 Å². The van der Waals surface area contributed by atoms with Gasteiger partial charge in [0.2, 0.25) is 0 Å². The van der Waals surface area contributed by atoms with E-state index in [9.17, 15) is 9.18 Å². The molecule has 0 amide bonds. The van der Waals surface area contributed by atoms with E-state index < -0.39 is 11.8 Å². The Morgan fingerprint density at radius 1 is 1.17 bits per heavy atom. The van der Waals surface area contributed by atoms with Crippen molar-refractivity contribution < 1.29 is 19.0 Å². The van der Waals surface area contributed by atoms with E-state index in [1.165, 1.54) is 25.3 Å². The maximum absolute atomic E-state index is 13.5. The number of hydrogen-bond acceptors (Lipinski definition) is 3. The molecule has 0 radical (unpaired) electrons. The van der Waals surface area contributed by atoms with Crippen molar-refractivity contribution in [2.75, 3.05) is 7.11 Å². The molecule has 2 aromatic rings. The number of nitrogens with one attached hydrogen (secondary N) is 1. The SMILES string of the molecule is COc1cc(C(=N)/C=C(\CCC(=O)O)c2ccccc2)ccc1F. The zero-order valence-corrected chi connectivity index (χ0v) is 13.3. The quantitative estimate of drug-likeness (QED) is 0.751.